The molecular weight excluding hydrogens is 520 g/mol. The van der Waals surface area contributed by atoms with E-state index in [0.717, 1.165) is 56.6 Å². The van der Waals surface area contributed by atoms with Crippen molar-refractivity contribution >= 4 is 35.0 Å². The minimum atomic E-state index is -3.54. The van der Waals surface area contributed by atoms with Gasteiger partial charge < -0.3 is 30.1 Å². The van der Waals surface area contributed by atoms with E-state index in [1.54, 1.807) is 23.1 Å². The van der Waals surface area contributed by atoms with Crippen molar-refractivity contribution in [2.24, 2.45) is 0 Å². The molecule has 1 aromatic carbocycles. The Bertz CT molecular complexity index is 1230. The highest BCUT2D eigenvalue weighted by Crippen LogP contribution is 2.40. The van der Waals surface area contributed by atoms with Gasteiger partial charge in [-0.25, -0.2) is 4.98 Å². The number of benzene rings is 1. The van der Waals surface area contributed by atoms with Crippen molar-refractivity contribution < 1.29 is 23.1 Å². The average Bonchev–Trinajstić information content (AvgIpc) is 3.67. The molecule has 40 heavy (non-hydrogen) atoms. The third kappa shape index (κ3) is 5.96. The highest BCUT2D eigenvalue weighted by molar-refractivity contribution is 6.02. The first-order chi connectivity index (χ1) is 19.3. The lowest BCUT2D eigenvalue weighted by Crippen LogP contribution is -2.48. The normalized spacial score (nSPS) is 19.4. The summed E-state index contributed by atoms with van der Waals surface area (Å²) in [6.07, 6.45) is 8.18. The number of fused-ring (bicyclic) bond motifs is 1. The van der Waals surface area contributed by atoms with Gasteiger partial charge >= 0.3 is 5.92 Å². The van der Waals surface area contributed by atoms with Gasteiger partial charge in [0.15, 0.2) is 5.82 Å². The zero-order valence-electron chi connectivity index (χ0n) is 23.1. The first-order valence-corrected chi connectivity index (χ1v) is 14.0. The molecule has 3 aliphatic rings. The first-order valence-electron chi connectivity index (χ1n) is 14.0. The third-order valence-electron chi connectivity index (χ3n) is 7.98. The number of methoxy groups -OCH3 is 1. The molecular formula is C28H37F2N7O3. The number of nitrogens with one attached hydrogen (secondary N) is 2. The maximum atomic E-state index is 14.8. The smallest absolute Gasteiger partial charge is 0.342 e. The number of alkyl halides is 2. The fourth-order valence-electron chi connectivity index (χ4n) is 5.77. The number of ether oxygens (including phenoxy) is 1. The summed E-state index contributed by atoms with van der Waals surface area (Å²) >= 11 is 0. The maximum absolute atomic E-state index is 14.8. The predicted octanol–water partition coefficient (Wildman–Crippen LogP) is 3.81. The lowest BCUT2D eigenvalue weighted by atomic mass is 10.1. The number of carbonyl (C=O) groups excluding carboxylic acids is 2. The number of halogens is 2. The standard InChI is InChI=1S/C28H37F2N7O3/c1-35-22-17-32-27(34-24(22)37(20-8-3-4-9-20)18-28(29,30)26(35)39)33-21-11-10-19(16-23(21)40-2)25(38)31-12-7-15-36-13-5-6-14-36/h10-11,16-17,20H,3-9,12-15,18H2,1-2H3,(H,31,38)(H,32,33,34). The number of hydrogen-bond donors (Lipinski definition) is 2. The second-order valence-corrected chi connectivity index (χ2v) is 10.7. The molecule has 10 nitrogen and oxygen atoms in total. The van der Waals surface area contributed by atoms with E-state index in [1.165, 1.54) is 33.2 Å². The monoisotopic (exact) mass is 557 g/mol. The Morgan fingerprint density at radius 2 is 1.93 bits per heavy atom. The lowest BCUT2D eigenvalue weighted by molar-refractivity contribution is -0.140. The molecule has 2 aliphatic heterocycles. The number of rotatable bonds is 9. The topological polar surface area (TPSA) is 103 Å². The molecule has 3 heterocycles. The summed E-state index contributed by atoms with van der Waals surface area (Å²) in [5, 5.41) is 6.06. The number of anilines is 4. The first kappa shape index (κ1) is 28.0. The molecule has 0 atom stereocenters. The molecule has 1 saturated carbocycles. The van der Waals surface area contributed by atoms with E-state index in [0.29, 0.717) is 29.4 Å². The molecule has 216 valence electrons. The van der Waals surface area contributed by atoms with E-state index in [2.05, 4.69) is 25.5 Å². The Labute approximate surface area is 233 Å². The van der Waals surface area contributed by atoms with Crippen LogP contribution in [0.1, 0.15) is 55.3 Å². The van der Waals surface area contributed by atoms with Gasteiger partial charge in [0.25, 0.3) is 11.8 Å². The number of likely N-dealkylation sites (tertiary alicyclic amines) is 1. The van der Waals surface area contributed by atoms with Gasteiger partial charge in [0.1, 0.15) is 11.4 Å². The summed E-state index contributed by atoms with van der Waals surface area (Å²) < 4.78 is 35.2. The SMILES string of the molecule is COc1cc(C(=O)NCCCN2CCCC2)ccc1Nc1ncc2c(n1)N(C1CCCC1)CC(F)(F)C(=O)N2C. The summed E-state index contributed by atoms with van der Waals surface area (Å²) in [5.74, 6) is -4.13. The van der Waals surface area contributed by atoms with Gasteiger partial charge in [-0.1, -0.05) is 12.8 Å². The molecule has 1 aliphatic carbocycles. The van der Waals surface area contributed by atoms with Crippen molar-refractivity contribution in [3.63, 3.8) is 0 Å². The molecule has 2 fully saturated rings. The van der Waals surface area contributed by atoms with Crippen LogP contribution in [-0.4, -0.2) is 85.5 Å². The second-order valence-electron chi connectivity index (χ2n) is 10.7. The molecule has 2 N–H and O–H groups in total. The maximum Gasteiger partial charge on any atom is 0.342 e. The van der Waals surface area contributed by atoms with Gasteiger partial charge in [0.2, 0.25) is 5.95 Å². The Balaban J connectivity index is 1.32. The van der Waals surface area contributed by atoms with Crippen LogP contribution < -0.4 is 25.2 Å². The number of amides is 2. The zero-order valence-corrected chi connectivity index (χ0v) is 23.1. The van der Waals surface area contributed by atoms with Crippen molar-refractivity contribution in [2.75, 3.05) is 62.0 Å². The molecule has 0 bridgehead atoms. The van der Waals surface area contributed by atoms with Crippen LogP contribution in [0.25, 0.3) is 0 Å². The van der Waals surface area contributed by atoms with Crippen LogP contribution in [0.15, 0.2) is 24.4 Å². The van der Waals surface area contributed by atoms with Crippen LogP contribution in [0.5, 0.6) is 5.75 Å². The number of nitrogens with zero attached hydrogens (tertiary/aromatic N) is 5. The molecule has 1 saturated heterocycles. The molecule has 1 aromatic heterocycles. The predicted molar refractivity (Wildman–Crippen MR) is 149 cm³/mol. The minimum absolute atomic E-state index is 0.130. The van der Waals surface area contributed by atoms with E-state index in [9.17, 15) is 18.4 Å². The zero-order chi connectivity index (χ0) is 28.3. The Kier molecular flexibility index (Phi) is 8.34. The summed E-state index contributed by atoms with van der Waals surface area (Å²) in [6, 6.07) is 4.89. The molecule has 0 unspecified atom stereocenters. The number of aromatic nitrogens is 2. The van der Waals surface area contributed by atoms with E-state index >= 15 is 0 Å². The van der Waals surface area contributed by atoms with Crippen LogP contribution in [-0.2, 0) is 4.79 Å². The molecule has 2 aromatic rings. The van der Waals surface area contributed by atoms with Crippen molar-refractivity contribution in [3.05, 3.63) is 30.0 Å². The Hall–Kier alpha value is -3.54. The van der Waals surface area contributed by atoms with Gasteiger partial charge in [-0.15, -0.1) is 0 Å². The fourth-order valence-corrected chi connectivity index (χ4v) is 5.77. The molecule has 2 amide bonds. The van der Waals surface area contributed by atoms with Crippen LogP contribution in [0.4, 0.5) is 31.9 Å². The van der Waals surface area contributed by atoms with Gasteiger partial charge in [-0.05, 0) is 69.9 Å². The van der Waals surface area contributed by atoms with E-state index in [-0.39, 0.29) is 23.6 Å². The molecule has 12 heteroatoms. The van der Waals surface area contributed by atoms with Crippen molar-refractivity contribution in [2.45, 2.75) is 56.9 Å². The fraction of sp³-hybridized carbons (Fsp3) is 0.571. The summed E-state index contributed by atoms with van der Waals surface area (Å²) in [5.41, 5.74) is 1.22. The van der Waals surface area contributed by atoms with Crippen molar-refractivity contribution in [1.29, 1.82) is 0 Å². The summed E-state index contributed by atoms with van der Waals surface area (Å²) in [4.78, 5) is 39.0. The van der Waals surface area contributed by atoms with Crippen LogP contribution in [0.2, 0.25) is 0 Å². The van der Waals surface area contributed by atoms with Crippen molar-refractivity contribution in [1.82, 2.24) is 20.2 Å². The third-order valence-corrected chi connectivity index (χ3v) is 7.98. The summed E-state index contributed by atoms with van der Waals surface area (Å²) in [6.45, 7) is 3.11. The molecule has 5 rings (SSSR count). The van der Waals surface area contributed by atoms with E-state index in [1.807, 2.05) is 0 Å². The second kappa shape index (κ2) is 11.9. The summed E-state index contributed by atoms with van der Waals surface area (Å²) in [7, 11) is 2.82. The largest absolute Gasteiger partial charge is 0.495 e. The lowest BCUT2D eigenvalue weighted by Gasteiger charge is -2.31. The Morgan fingerprint density at radius 1 is 1.18 bits per heavy atom. The minimum Gasteiger partial charge on any atom is -0.495 e. The average molecular weight is 558 g/mol. The highest BCUT2D eigenvalue weighted by atomic mass is 19.3. The Morgan fingerprint density at radius 3 is 2.65 bits per heavy atom. The van der Waals surface area contributed by atoms with Crippen LogP contribution >= 0.6 is 0 Å². The van der Waals surface area contributed by atoms with Gasteiger partial charge in [0, 0.05) is 25.2 Å². The quantitative estimate of drug-likeness (QED) is 0.449. The highest BCUT2D eigenvalue weighted by Gasteiger charge is 2.48. The molecule has 0 spiro atoms. The van der Waals surface area contributed by atoms with Crippen LogP contribution in [0, 0.1) is 0 Å². The van der Waals surface area contributed by atoms with Gasteiger partial charge in [-0.2, -0.15) is 13.8 Å². The van der Waals surface area contributed by atoms with E-state index in [4.69, 9.17) is 4.74 Å². The number of hydrogen-bond acceptors (Lipinski definition) is 8. The van der Waals surface area contributed by atoms with Crippen molar-refractivity contribution in [3.8, 4) is 5.75 Å². The number of carbonyl (C=O) groups is 2. The van der Waals surface area contributed by atoms with E-state index < -0.39 is 18.4 Å². The van der Waals surface area contributed by atoms with Gasteiger partial charge in [0.05, 0.1) is 25.5 Å². The van der Waals surface area contributed by atoms with Gasteiger partial charge in [-0.3, -0.25) is 9.59 Å². The molecule has 0 radical (unpaired) electrons. The van der Waals surface area contributed by atoms with Crippen LogP contribution in [0.3, 0.4) is 0 Å².